The Morgan fingerprint density at radius 2 is 1.61 bits per heavy atom. The maximum Gasteiger partial charge on any atom is 0.338 e. The van der Waals surface area contributed by atoms with E-state index in [0.29, 0.717) is 30.6 Å². The summed E-state index contributed by atoms with van der Waals surface area (Å²) in [5, 5.41) is 10.8. The number of anilines is 1. The zero-order chi connectivity index (χ0) is 29.0. The molecule has 0 bridgehead atoms. The highest BCUT2D eigenvalue weighted by Crippen LogP contribution is 2.25. The first-order valence-corrected chi connectivity index (χ1v) is 14.4. The van der Waals surface area contributed by atoms with Gasteiger partial charge in [0.1, 0.15) is 0 Å². The zero-order valence-corrected chi connectivity index (χ0v) is 23.3. The van der Waals surface area contributed by atoms with Crippen LogP contribution in [0.25, 0.3) is 22.9 Å². The third kappa shape index (κ3) is 6.51. The fourth-order valence-corrected chi connectivity index (χ4v) is 5.63. The van der Waals surface area contributed by atoms with Crippen LogP contribution in [-0.2, 0) is 24.3 Å². The van der Waals surface area contributed by atoms with Gasteiger partial charge in [-0.05, 0) is 68.4 Å². The van der Waals surface area contributed by atoms with E-state index in [9.17, 15) is 18.0 Å². The largest absolute Gasteiger partial charge is 0.449 e. The van der Waals surface area contributed by atoms with Crippen molar-refractivity contribution in [1.82, 2.24) is 14.5 Å². The van der Waals surface area contributed by atoms with E-state index >= 15 is 0 Å². The molecule has 1 saturated heterocycles. The summed E-state index contributed by atoms with van der Waals surface area (Å²) in [4.78, 5) is 25.5. The van der Waals surface area contributed by atoms with Gasteiger partial charge in [0.15, 0.2) is 6.10 Å². The highest BCUT2D eigenvalue weighted by Gasteiger charge is 2.27. The predicted octanol–water partition coefficient (Wildman–Crippen LogP) is 3.92. The van der Waals surface area contributed by atoms with Crippen LogP contribution in [-0.4, -0.2) is 67.2 Å². The van der Waals surface area contributed by atoms with Gasteiger partial charge < -0.3 is 19.2 Å². The van der Waals surface area contributed by atoms with Crippen LogP contribution < -0.4 is 5.32 Å². The van der Waals surface area contributed by atoms with Crippen molar-refractivity contribution >= 4 is 27.6 Å². The Labute approximate surface area is 237 Å². The topological polar surface area (TPSA) is 141 Å². The Morgan fingerprint density at radius 1 is 0.927 bits per heavy atom. The summed E-state index contributed by atoms with van der Waals surface area (Å²) >= 11 is 0. The molecule has 5 rings (SSSR count). The molecule has 12 heteroatoms. The van der Waals surface area contributed by atoms with Gasteiger partial charge >= 0.3 is 5.97 Å². The molecule has 3 aromatic carbocycles. The third-order valence-corrected chi connectivity index (χ3v) is 8.31. The molecule has 0 radical (unpaired) electrons. The first-order valence-electron chi connectivity index (χ1n) is 12.9. The summed E-state index contributed by atoms with van der Waals surface area (Å²) in [5.74, 6) is -0.623. The Morgan fingerprint density at radius 3 is 2.32 bits per heavy atom. The summed E-state index contributed by atoms with van der Waals surface area (Å²) in [7, 11) is -3.73. The van der Waals surface area contributed by atoms with E-state index in [2.05, 4.69) is 15.5 Å². The lowest BCUT2D eigenvalue weighted by atomic mass is 10.1. The van der Waals surface area contributed by atoms with Crippen LogP contribution in [0.4, 0.5) is 5.69 Å². The van der Waals surface area contributed by atoms with Crippen molar-refractivity contribution in [3.05, 3.63) is 83.9 Å². The number of morpholine rings is 1. The normalized spacial score (nSPS) is 14.8. The van der Waals surface area contributed by atoms with Gasteiger partial charge in [0.2, 0.25) is 21.8 Å². The minimum absolute atomic E-state index is 0.0502. The van der Waals surface area contributed by atoms with Gasteiger partial charge in [0.25, 0.3) is 5.91 Å². The Balaban J connectivity index is 1.20. The molecule has 2 heterocycles. The average molecular weight is 577 g/mol. The van der Waals surface area contributed by atoms with Crippen LogP contribution in [0, 0.1) is 6.92 Å². The van der Waals surface area contributed by atoms with Crippen molar-refractivity contribution in [3.8, 4) is 22.9 Å². The molecule has 0 spiro atoms. The van der Waals surface area contributed by atoms with E-state index in [1.54, 1.807) is 30.3 Å². The zero-order valence-electron chi connectivity index (χ0n) is 22.4. The predicted molar refractivity (Wildman–Crippen MR) is 149 cm³/mol. The summed E-state index contributed by atoms with van der Waals surface area (Å²) < 4.78 is 43.6. The number of esters is 1. The molecule has 1 aromatic heterocycles. The van der Waals surface area contributed by atoms with E-state index in [4.69, 9.17) is 13.9 Å². The van der Waals surface area contributed by atoms with Crippen molar-refractivity contribution in [1.29, 1.82) is 0 Å². The van der Waals surface area contributed by atoms with Crippen molar-refractivity contribution in [2.75, 3.05) is 31.6 Å². The number of benzene rings is 3. The van der Waals surface area contributed by atoms with Gasteiger partial charge in [-0.1, -0.05) is 23.8 Å². The SMILES string of the molecule is Cc1cccc(-c2nnc(-c3ccc(C(=O)OC(C)C(=O)Nc4cccc(S(=O)(=O)N5CCOCC5)c4)cc3)o2)c1. The van der Waals surface area contributed by atoms with E-state index in [0.717, 1.165) is 11.1 Å². The molecule has 1 fully saturated rings. The second-order valence-electron chi connectivity index (χ2n) is 9.44. The molecule has 1 atom stereocenters. The molecule has 1 aliphatic rings. The number of aromatic nitrogens is 2. The maximum atomic E-state index is 12.9. The molecule has 4 aromatic rings. The lowest BCUT2D eigenvalue weighted by Gasteiger charge is -2.26. The standard InChI is InChI=1S/C29H28N4O7S/c1-19-5-3-6-23(17-19)28-32-31-27(40-28)21-9-11-22(12-10-21)29(35)39-20(2)26(34)30-24-7-4-8-25(18-24)41(36,37)33-13-15-38-16-14-33/h3-12,17-18,20H,13-16H2,1-2H3,(H,30,34). The average Bonchev–Trinajstić information content (AvgIpc) is 3.48. The van der Waals surface area contributed by atoms with E-state index in [1.165, 1.54) is 29.4 Å². The lowest BCUT2D eigenvalue weighted by molar-refractivity contribution is -0.123. The summed E-state index contributed by atoms with van der Waals surface area (Å²) in [6.45, 7) is 4.58. The smallest absolute Gasteiger partial charge is 0.338 e. The molecule has 0 saturated carbocycles. The molecule has 1 amide bonds. The minimum atomic E-state index is -3.73. The van der Waals surface area contributed by atoms with E-state index < -0.39 is 28.0 Å². The van der Waals surface area contributed by atoms with Crippen LogP contribution in [0.5, 0.6) is 0 Å². The number of ether oxygens (including phenoxy) is 2. The summed E-state index contributed by atoms with van der Waals surface area (Å²) in [6, 6.07) is 20.0. The second-order valence-corrected chi connectivity index (χ2v) is 11.4. The molecule has 1 unspecified atom stereocenters. The number of carbonyl (C=O) groups is 2. The third-order valence-electron chi connectivity index (χ3n) is 6.42. The fourth-order valence-electron chi connectivity index (χ4n) is 4.18. The van der Waals surface area contributed by atoms with E-state index in [-0.39, 0.29) is 29.2 Å². The van der Waals surface area contributed by atoms with Crippen LogP contribution in [0.2, 0.25) is 0 Å². The van der Waals surface area contributed by atoms with Gasteiger partial charge in [-0.3, -0.25) is 4.79 Å². The van der Waals surface area contributed by atoms with Crippen molar-refractivity contribution < 1.29 is 31.9 Å². The molecular formula is C29H28N4O7S. The van der Waals surface area contributed by atoms with Crippen LogP contribution in [0.3, 0.4) is 0 Å². The van der Waals surface area contributed by atoms with Gasteiger partial charge in [0.05, 0.1) is 23.7 Å². The number of sulfonamides is 1. The van der Waals surface area contributed by atoms with Gasteiger partial charge in [0, 0.05) is 29.9 Å². The monoisotopic (exact) mass is 576 g/mol. The number of aryl methyl sites for hydroxylation is 1. The Hall–Kier alpha value is -4.39. The number of nitrogens with zero attached hydrogens (tertiary/aromatic N) is 3. The number of rotatable bonds is 8. The van der Waals surface area contributed by atoms with Crippen molar-refractivity contribution in [2.45, 2.75) is 24.8 Å². The fraction of sp³-hybridized carbons (Fsp3) is 0.241. The van der Waals surface area contributed by atoms with E-state index in [1.807, 2.05) is 31.2 Å². The maximum absolute atomic E-state index is 12.9. The highest BCUT2D eigenvalue weighted by molar-refractivity contribution is 7.89. The number of hydrogen-bond acceptors (Lipinski definition) is 9. The molecular weight excluding hydrogens is 548 g/mol. The molecule has 1 N–H and O–H groups in total. The van der Waals surface area contributed by atoms with Gasteiger partial charge in [-0.15, -0.1) is 10.2 Å². The van der Waals surface area contributed by atoms with Crippen LogP contribution in [0.1, 0.15) is 22.8 Å². The number of carbonyl (C=O) groups excluding carboxylic acids is 2. The molecule has 0 aliphatic carbocycles. The number of amides is 1. The van der Waals surface area contributed by atoms with Crippen molar-refractivity contribution in [2.24, 2.45) is 0 Å². The second kappa shape index (κ2) is 12.0. The Bertz CT molecular complexity index is 1660. The molecule has 212 valence electrons. The minimum Gasteiger partial charge on any atom is -0.449 e. The summed E-state index contributed by atoms with van der Waals surface area (Å²) in [5.41, 5.74) is 2.98. The molecule has 41 heavy (non-hydrogen) atoms. The number of hydrogen-bond donors (Lipinski definition) is 1. The van der Waals surface area contributed by atoms with Crippen LogP contribution in [0.15, 0.2) is 82.1 Å². The quantitative estimate of drug-likeness (QED) is 0.309. The Kier molecular flexibility index (Phi) is 8.24. The van der Waals surface area contributed by atoms with Gasteiger partial charge in [-0.25, -0.2) is 13.2 Å². The molecule has 11 nitrogen and oxygen atoms in total. The first kappa shape index (κ1) is 28.1. The van der Waals surface area contributed by atoms with Crippen molar-refractivity contribution in [3.63, 3.8) is 0 Å². The van der Waals surface area contributed by atoms with Crippen LogP contribution >= 0.6 is 0 Å². The molecule has 1 aliphatic heterocycles. The lowest BCUT2D eigenvalue weighted by Crippen LogP contribution is -2.40. The first-order chi connectivity index (χ1) is 19.7. The van der Waals surface area contributed by atoms with Gasteiger partial charge in [-0.2, -0.15) is 4.31 Å². The highest BCUT2D eigenvalue weighted by atomic mass is 32.2. The number of nitrogens with one attached hydrogen (secondary N) is 1. The summed E-state index contributed by atoms with van der Waals surface area (Å²) in [6.07, 6.45) is -1.14.